The van der Waals surface area contributed by atoms with Crippen LogP contribution >= 0.6 is 0 Å². The SMILES string of the molecule is CCN(CC)c1ccc2cc(C(=O)NC(C)=O)c(=Nc3ccccc3C)oc2c1. The molecule has 2 aromatic carbocycles. The van der Waals surface area contributed by atoms with Crippen molar-refractivity contribution < 1.29 is 14.0 Å². The molecule has 0 fully saturated rings. The first-order chi connectivity index (χ1) is 13.9. The van der Waals surface area contributed by atoms with Gasteiger partial charge in [-0.3, -0.25) is 14.9 Å². The summed E-state index contributed by atoms with van der Waals surface area (Å²) < 4.78 is 6.07. The molecule has 6 heteroatoms. The fourth-order valence-corrected chi connectivity index (χ4v) is 3.16. The molecule has 0 aliphatic carbocycles. The smallest absolute Gasteiger partial charge is 0.263 e. The van der Waals surface area contributed by atoms with Crippen molar-refractivity contribution in [2.24, 2.45) is 4.99 Å². The van der Waals surface area contributed by atoms with Gasteiger partial charge < -0.3 is 9.32 Å². The van der Waals surface area contributed by atoms with E-state index >= 15 is 0 Å². The predicted octanol–water partition coefficient (Wildman–Crippen LogP) is 4.10. The zero-order valence-electron chi connectivity index (χ0n) is 17.2. The number of carbonyl (C=O) groups excluding carboxylic acids is 2. The fourth-order valence-electron chi connectivity index (χ4n) is 3.16. The van der Waals surface area contributed by atoms with Gasteiger partial charge in [0.15, 0.2) is 0 Å². The highest BCUT2D eigenvalue weighted by Gasteiger charge is 2.15. The Hall–Kier alpha value is -3.41. The fraction of sp³-hybridized carbons (Fsp3) is 0.261. The van der Waals surface area contributed by atoms with Crippen molar-refractivity contribution in [2.45, 2.75) is 27.7 Å². The predicted molar refractivity (Wildman–Crippen MR) is 114 cm³/mol. The molecule has 0 atom stereocenters. The number of nitrogens with one attached hydrogen (secondary N) is 1. The van der Waals surface area contributed by atoms with E-state index in [2.05, 4.69) is 29.1 Å². The van der Waals surface area contributed by atoms with E-state index in [9.17, 15) is 9.59 Å². The van der Waals surface area contributed by atoms with E-state index in [1.54, 1.807) is 6.07 Å². The van der Waals surface area contributed by atoms with Crippen LogP contribution in [0.3, 0.4) is 0 Å². The van der Waals surface area contributed by atoms with Crippen molar-refractivity contribution in [2.75, 3.05) is 18.0 Å². The number of hydrogen-bond donors (Lipinski definition) is 1. The Labute approximate surface area is 169 Å². The summed E-state index contributed by atoms with van der Waals surface area (Å²) >= 11 is 0. The van der Waals surface area contributed by atoms with Crippen LogP contribution in [0.25, 0.3) is 11.0 Å². The number of carbonyl (C=O) groups is 2. The second kappa shape index (κ2) is 8.73. The minimum atomic E-state index is -0.539. The van der Waals surface area contributed by atoms with Crippen molar-refractivity contribution in [3.8, 4) is 0 Å². The molecule has 1 aromatic heterocycles. The van der Waals surface area contributed by atoms with Crippen molar-refractivity contribution in [1.82, 2.24) is 5.32 Å². The standard InChI is InChI=1S/C23H25N3O3/c1-5-26(6-2)18-12-11-17-13-19(22(28)24-16(4)27)23(29-21(17)14-18)25-20-10-8-7-9-15(20)3/h7-14H,5-6H2,1-4H3,(H,24,27,28). The van der Waals surface area contributed by atoms with Gasteiger partial charge in [0.2, 0.25) is 11.5 Å². The average molecular weight is 391 g/mol. The first-order valence-electron chi connectivity index (χ1n) is 9.68. The third-order valence-electron chi connectivity index (χ3n) is 4.73. The van der Waals surface area contributed by atoms with Gasteiger partial charge in [0.05, 0.1) is 5.69 Å². The lowest BCUT2D eigenvalue weighted by Crippen LogP contribution is -2.32. The number of aryl methyl sites for hydroxylation is 1. The second-order valence-electron chi connectivity index (χ2n) is 6.77. The minimum absolute atomic E-state index is 0.169. The quantitative estimate of drug-likeness (QED) is 0.711. The van der Waals surface area contributed by atoms with Gasteiger partial charge in [-0.15, -0.1) is 0 Å². The van der Waals surface area contributed by atoms with Crippen LogP contribution in [0.4, 0.5) is 11.4 Å². The molecule has 150 valence electrons. The van der Waals surface area contributed by atoms with E-state index < -0.39 is 11.8 Å². The first kappa shape index (κ1) is 20.3. The van der Waals surface area contributed by atoms with Gasteiger partial charge in [0.25, 0.3) is 5.91 Å². The van der Waals surface area contributed by atoms with Gasteiger partial charge in [-0.05, 0) is 50.6 Å². The lowest BCUT2D eigenvalue weighted by atomic mass is 10.1. The molecule has 29 heavy (non-hydrogen) atoms. The number of para-hydroxylation sites is 1. The summed E-state index contributed by atoms with van der Waals surface area (Å²) in [6, 6.07) is 15.2. The largest absolute Gasteiger partial charge is 0.437 e. The summed E-state index contributed by atoms with van der Waals surface area (Å²) in [6.07, 6.45) is 0. The molecule has 3 aromatic rings. The molecule has 1 N–H and O–H groups in total. The molecule has 0 aliphatic rings. The zero-order chi connectivity index (χ0) is 21.0. The van der Waals surface area contributed by atoms with Crippen LogP contribution in [0.2, 0.25) is 0 Å². The van der Waals surface area contributed by atoms with Crippen molar-refractivity contribution in [3.63, 3.8) is 0 Å². The van der Waals surface area contributed by atoms with Crippen LogP contribution in [0, 0.1) is 6.92 Å². The minimum Gasteiger partial charge on any atom is -0.437 e. The summed E-state index contributed by atoms with van der Waals surface area (Å²) in [5.74, 6) is -0.975. The van der Waals surface area contributed by atoms with Crippen LogP contribution in [0.1, 0.15) is 36.7 Å². The normalized spacial score (nSPS) is 11.5. The highest BCUT2D eigenvalue weighted by molar-refractivity contribution is 6.05. The monoisotopic (exact) mass is 391 g/mol. The maximum absolute atomic E-state index is 12.6. The molecule has 0 unspecified atom stereocenters. The summed E-state index contributed by atoms with van der Waals surface area (Å²) in [6.45, 7) is 9.18. The molecule has 0 saturated carbocycles. The number of fused-ring (bicyclic) bond motifs is 1. The van der Waals surface area contributed by atoms with E-state index in [0.717, 1.165) is 29.7 Å². The topological polar surface area (TPSA) is 74.9 Å². The van der Waals surface area contributed by atoms with Crippen LogP contribution in [-0.4, -0.2) is 24.9 Å². The molecular formula is C23H25N3O3. The van der Waals surface area contributed by atoms with Gasteiger partial charge in [-0.25, -0.2) is 4.99 Å². The number of nitrogens with zero attached hydrogens (tertiary/aromatic N) is 2. The van der Waals surface area contributed by atoms with Crippen LogP contribution in [-0.2, 0) is 4.79 Å². The summed E-state index contributed by atoms with van der Waals surface area (Å²) in [7, 11) is 0. The molecule has 0 spiro atoms. The number of hydrogen-bond acceptors (Lipinski definition) is 5. The Bertz CT molecular complexity index is 1130. The molecule has 1 heterocycles. The van der Waals surface area contributed by atoms with Crippen molar-refractivity contribution in [1.29, 1.82) is 0 Å². The Kier molecular flexibility index (Phi) is 6.12. The van der Waals surface area contributed by atoms with E-state index in [1.165, 1.54) is 6.92 Å². The van der Waals surface area contributed by atoms with Crippen LogP contribution in [0.15, 0.2) is 57.9 Å². The van der Waals surface area contributed by atoms with E-state index in [4.69, 9.17) is 4.42 Å². The van der Waals surface area contributed by atoms with Gasteiger partial charge >= 0.3 is 0 Å². The molecule has 0 aliphatic heterocycles. The van der Waals surface area contributed by atoms with Gasteiger partial charge in [-0.1, -0.05) is 18.2 Å². The van der Waals surface area contributed by atoms with Crippen molar-refractivity contribution in [3.05, 3.63) is 65.2 Å². The summed E-state index contributed by atoms with van der Waals surface area (Å²) in [4.78, 5) is 30.8. The highest BCUT2D eigenvalue weighted by atomic mass is 16.3. The number of amides is 2. The molecule has 3 rings (SSSR count). The van der Waals surface area contributed by atoms with E-state index in [1.807, 2.05) is 49.4 Å². The Morgan fingerprint density at radius 2 is 1.79 bits per heavy atom. The molecule has 0 bridgehead atoms. The third-order valence-corrected chi connectivity index (χ3v) is 4.73. The van der Waals surface area contributed by atoms with Gasteiger partial charge in [-0.2, -0.15) is 0 Å². The molecule has 6 nitrogen and oxygen atoms in total. The Morgan fingerprint density at radius 3 is 2.45 bits per heavy atom. The number of rotatable bonds is 5. The maximum atomic E-state index is 12.6. The molecular weight excluding hydrogens is 366 g/mol. The summed E-state index contributed by atoms with van der Waals surface area (Å²) in [5.41, 5.74) is 3.70. The van der Waals surface area contributed by atoms with E-state index in [-0.39, 0.29) is 11.1 Å². The number of anilines is 1. The Balaban J connectivity index is 2.24. The van der Waals surface area contributed by atoms with Gasteiger partial charge in [0.1, 0.15) is 11.1 Å². The third kappa shape index (κ3) is 4.54. The molecule has 0 radical (unpaired) electrons. The zero-order valence-corrected chi connectivity index (χ0v) is 17.2. The molecule has 0 saturated heterocycles. The second-order valence-corrected chi connectivity index (χ2v) is 6.77. The lowest BCUT2D eigenvalue weighted by Gasteiger charge is -2.21. The maximum Gasteiger partial charge on any atom is 0.263 e. The highest BCUT2D eigenvalue weighted by Crippen LogP contribution is 2.23. The average Bonchev–Trinajstić information content (AvgIpc) is 2.69. The number of imide groups is 1. The van der Waals surface area contributed by atoms with Crippen LogP contribution in [0.5, 0.6) is 0 Å². The summed E-state index contributed by atoms with van der Waals surface area (Å²) in [5, 5.41) is 3.07. The van der Waals surface area contributed by atoms with Crippen LogP contribution < -0.4 is 15.8 Å². The lowest BCUT2D eigenvalue weighted by molar-refractivity contribution is -0.118. The van der Waals surface area contributed by atoms with E-state index in [0.29, 0.717) is 11.3 Å². The number of benzene rings is 2. The van der Waals surface area contributed by atoms with Gasteiger partial charge in [0, 0.05) is 37.2 Å². The molecule has 2 amide bonds. The van der Waals surface area contributed by atoms with Crippen molar-refractivity contribution >= 4 is 34.2 Å². The Morgan fingerprint density at radius 1 is 1.07 bits per heavy atom. The first-order valence-corrected chi connectivity index (χ1v) is 9.68.